The molecule has 2 rings (SSSR count). The van der Waals surface area contributed by atoms with Crippen LogP contribution in [0.15, 0.2) is 35.3 Å². The zero-order chi connectivity index (χ0) is 18.6. The molecule has 1 aromatic rings. The van der Waals surface area contributed by atoms with Crippen LogP contribution in [0.25, 0.3) is 0 Å². The molecular formula is C21H34IN3O2. The zero-order valence-electron chi connectivity index (χ0n) is 16.7. The highest BCUT2D eigenvalue weighted by atomic mass is 127. The number of hydrogen-bond donors (Lipinski definition) is 1. The third-order valence-electron chi connectivity index (χ3n) is 4.87. The number of benzene rings is 1. The number of ether oxygens (including phenoxy) is 1. The van der Waals surface area contributed by atoms with Crippen molar-refractivity contribution in [1.82, 2.24) is 10.2 Å². The van der Waals surface area contributed by atoms with Gasteiger partial charge in [0.15, 0.2) is 5.96 Å². The number of guanidine groups is 1. The second-order valence-electron chi connectivity index (χ2n) is 6.79. The average Bonchev–Trinajstić information content (AvgIpc) is 3.15. The Kier molecular flexibility index (Phi) is 12.1. The number of aliphatic imine (C=N–C) groups is 1. The first-order valence-corrected chi connectivity index (χ1v) is 9.90. The summed E-state index contributed by atoms with van der Waals surface area (Å²) >= 11 is 0. The van der Waals surface area contributed by atoms with E-state index in [1.807, 2.05) is 14.0 Å². The van der Waals surface area contributed by atoms with Gasteiger partial charge in [-0.25, -0.2) is 0 Å². The molecule has 0 amide bonds. The van der Waals surface area contributed by atoms with E-state index in [1.54, 1.807) is 0 Å². The van der Waals surface area contributed by atoms with Gasteiger partial charge in [-0.2, -0.15) is 0 Å². The first kappa shape index (κ1) is 23.7. The molecule has 1 N–H and O–H groups in total. The summed E-state index contributed by atoms with van der Waals surface area (Å²) in [5, 5.41) is 3.49. The van der Waals surface area contributed by atoms with Crippen molar-refractivity contribution in [3.05, 3.63) is 35.9 Å². The molecule has 1 atom stereocenters. The molecule has 1 aliphatic heterocycles. The summed E-state index contributed by atoms with van der Waals surface area (Å²) in [6.45, 7) is 5.34. The van der Waals surface area contributed by atoms with Crippen LogP contribution in [0, 0.1) is 0 Å². The van der Waals surface area contributed by atoms with Crippen molar-refractivity contribution in [2.24, 2.45) is 4.99 Å². The number of carbonyl (C=O) groups excluding carboxylic acids is 1. The van der Waals surface area contributed by atoms with Crippen molar-refractivity contribution >= 4 is 35.9 Å². The molecule has 6 heteroatoms. The highest BCUT2D eigenvalue weighted by molar-refractivity contribution is 14.0. The van der Waals surface area contributed by atoms with Crippen LogP contribution < -0.4 is 5.32 Å². The molecule has 1 aliphatic rings. The maximum Gasteiger partial charge on any atom is 0.305 e. The lowest BCUT2D eigenvalue weighted by atomic mass is 9.99. The summed E-state index contributed by atoms with van der Waals surface area (Å²) in [5.41, 5.74) is 1.42. The summed E-state index contributed by atoms with van der Waals surface area (Å²) in [6.07, 6.45) is 5.92. The molecule has 0 radical (unpaired) electrons. The van der Waals surface area contributed by atoms with Gasteiger partial charge < -0.3 is 15.0 Å². The molecule has 0 aliphatic carbocycles. The van der Waals surface area contributed by atoms with E-state index >= 15 is 0 Å². The summed E-state index contributed by atoms with van der Waals surface area (Å²) in [6, 6.07) is 10.8. The minimum atomic E-state index is -0.0759. The molecular weight excluding hydrogens is 453 g/mol. The zero-order valence-corrected chi connectivity index (χ0v) is 19.0. The number of likely N-dealkylation sites (tertiary alicyclic amines) is 1. The Morgan fingerprint density at radius 2 is 1.96 bits per heavy atom. The first-order valence-electron chi connectivity index (χ1n) is 9.90. The number of rotatable bonds is 9. The molecule has 27 heavy (non-hydrogen) atoms. The second-order valence-corrected chi connectivity index (χ2v) is 6.79. The van der Waals surface area contributed by atoms with Crippen LogP contribution in [0.4, 0.5) is 0 Å². The van der Waals surface area contributed by atoms with Gasteiger partial charge >= 0.3 is 5.97 Å². The Labute approximate surface area is 181 Å². The summed E-state index contributed by atoms with van der Waals surface area (Å²) in [7, 11) is 1.86. The van der Waals surface area contributed by atoms with Gasteiger partial charge in [-0.05, 0) is 31.7 Å². The largest absolute Gasteiger partial charge is 0.466 e. The molecule has 0 spiro atoms. The van der Waals surface area contributed by atoms with Crippen LogP contribution in [-0.4, -0.2) is 50.1 Å². The van der Waals surface area contributed by atoms with Crippen LogP contribution >= 0.6 is 24.0 Å². The maximum atomic E-state index is 11.3. The van der Waals surface area contributed by atoms with Crippen molar-refractivity contribution in [2.45, 2.75) is 51.4 Å². The van der Waals surface area contributed by atoms with Crippen molar-refractivity contribution in [3.8, 4) is 0 Å². The number of unbranched alkanes of at least 4 members (excludes halogenated alkanes) is 3. The smallest absolute Gasteiger partial charge is 0.305 e. The molecule has 0 saturated carbocycles. The van der Waals surface area contributed by atoms with E-state index < -0.39 is 0 Å². The Morgan fingerprint density at radius 1 is 1.22 bits per heavy atom. The van der Waals surface area contributed by atoms with Gasteiger partial charge in [0.05, 0.1) is 6.61 Å². The van der Waals surface area contributed by atoms with E-state index in [-0.39, 0.29) is 29.9 Å². The van der Waals surface area contributed by atoms with E-state index in [2.05, 4.69) is 45.5 Å². The predicted octanol–water partition coefficient (Wildman–Crippen LogP) is 4.18. The Hall–Kier alpha value is -1.31. The summed E-state index contributed by atoms with van der Waals surface area (Å²) in [4.78, 5) is 18.1. The van der Waals surface area contributed by atoms with Gasteiger partial charge in [0.1, 0.15) is 0 Å². The van der Waals surface area contributed by atoms with Gasteiger partial charge in [0.25, 0.3) is 0 Å². The number of hydrogen-bond acceptors (Lipinski definition) is 3. The van der Waals surface area contributed by atoms with Crippen LogP contribution in [0.2, 0.25) is 0 Å². The quantitative estimate of drug-likeness (QED) is 0.187. The highest BCUT2D eigenvalue weighted by Crippen LogP contribution is 2.26. The minimum Gasteiger partial charge on any atom is -0.466 e. The monoisotopic (exact) mass is 487 g/mol. The lowest BCUT2D eigenvalue weighted by Crippen LogP contribution is -2.40. The summed E-state index contributed by atoms with van der Waals surface area (Å²) < 4.78 is 4.94. The Bertz CT molecular complexity index is 566. The van der Waals surface area contributed by atoms with Crippen molar-refractivity contribution in [1.29, 1.82) is 0 Å². The average molecular weight is 487 g/mol. The van der Waals surface area contributed by atoms with E-state index in [4.69, 9.17) is 4.74 Å². The van der Waals surface area contributed by atoms with E-state index in [1.165, 1.54) is 12.0 Å². The van der Waals surface area contributed by atoms with E-state index in [0.29, 0.717) is 18.9 Å². The van der Waals surface area contributed by atoms with E-state index in [0.717, 1.165) is 51.3 Å². The highest BCUT2D eigenvalue weighted by Gasteiger charge is 2.25. The molecule has 152 valence electrons. The maximum absolute atomic E-state index is 11.3. The fraction of sp³-hybridized carbons (Fsp3) is 0.619. The van der Waals surface area contributed by atoms with Crippen LogP contribution in [0.5, 0.6) is 0 Å². The minimum absolute atomic E-state index is 0. The number of nitrogens with one attached hydrogen (secondary N) is 1. The fourth-order valence-corrected chi connectivity index (χ4v) is 3.46. The second kappa shape index (κ2) is 13.8. The lowest BCUT2D eigenvalue weighted by molar-refractivity contribution is -0.143. The Morgan fingerprint density at radius 3 is 2.67 bits per heavy atom. The molecule has 1 fully saturated rings. The molecule has 1 heterocycles. The third-order valence-corrected chi connectivity index (χ3v) is 4.87. The lowest BCUT2D eigenvalue weighted by Gasteiger charge is -2.21. The molecule has 1 aromatic carbocycles. The number of halogens is 1. The molecule has 0 bridgehead atoms. The first-order chi connectivity index (χ1) is 12.7. The molecule has 1 saturated heterocycles. The van der Waals surface area contributed by atoms with Crippen LogP contribution in [0.1, 0.15) is 56.9 Å². The van der Waals surface area contributed by atoms with Crippen LogP contribution in [-0.2, 0) is 9.53 Å². The standard InChI is InChI=1S/C21H33N3O2.HI/c1-3-26-20(25)13-9-4-5-10-15-23-21(22-2)24-16-14-19(17-24)18-11-7-6-8-12-18;/h6-8,11-12,19H,3-5,9-10,13-17H2,1-2H3,(H,22,23);1H. The van der Waals surface area contributed by atoms with Gasteiger partial charge in [0, 0.05) is 39.0 Å². The SMILES string of the molecule is CCOC(=O)CCCCCCNC(=NC)N1CCC(c2ccccc2)C1.I. The Balaban J connectivity index is 0.00000364. The molecule has 0 aromatic heterocycles. The van der Waals surface area contributed by atoms with Gasteiger partial charge in [-0.3, -0.25) is 9.79 Å². The van der Waals surface area contributed by atoms with Crippen molar-refractivity contribution in [2.75, 3.05) is 33.3 Å². The number of nitrogens with zero attached hydrogens (tertiary/aromatic N) is 2. The topological polar surface area (TPSA) is 53.9 Å². The van der Waals surface area contributed by atoms with Crippen molar-refractivity contribution < 1.29 is 9.53 Å². The van der Waals surface area contributed by atoms with E-state index in [9.17, 15) is 4.79 Å². The normalized spacial score (nSPS) is 16.7. The predicted molar refractivity (Wildman–Crippen MR) is 122 cm³/mol. The molecule has 5 nitrogen and oxygen atoms in total. The van der Waals surface area contributed by atoms with Gasteiger partial charge in [-0.1, -0.05) is 43.2 Å². The van der Waals surface area contributed by atoms with Gasteiger partial charge in [0.2, 0.25) is 0 Å². The third kappa shape index (κ3) is 8.49. The fourth-order valence-electron chi connectivity index (χ4n) is 3.46. The van der Waals surface area contributed by atoms with Crippen LogP contribution in [0.3, 0.4) is 0 Å². The van der Waals surface area contributed by atoms with Crippen molar-refractivity contribution in [3.63, 3.8) is 0 Å². The summed E-state index contributed by atoms with van der Waals surface area (Å²) in [5.74, 6) is 1.53. The number of esters is 1. The number of carbonyl (C=O) groups is 1. The molecule has 1 unspecified atom stereocenters. The van der Waals surface area contributed by atoms with Gasteiger partial charge in [-0.15, -0.1) is 24.0 Å².